The molecule has 0 saturated carbocycles. The minimum atomic E-state index is -2.10. The van der Waals surface area contributed by atoms with Gasteiger partial charge in [0.25, 0.3) is 0 Å². The molecule has 216 valence electrons. The molecule has 1 aliphatic heterocycles. The van der Waals surface area contributed by atoms with Crippen LogP contribution < -0.4 is 15.1 Å². The van der Waals surface area contributed by atoms with Gasteiger partial charge in [0.2, 0.25) is 20.2 Å². The van der Waals surface area contributed by atoms with Crippen molar-refractivity contribution >= 4 is 37.0 Å². The molecule has 8 nitrogen and oxygen atoms in total. The van der Waals surface area contributed by atoms with Crippen LogP contribution in [-0.4, -0.2) is 48.6 Å². The lowest BCUT2D eigenvalue weighted by molar-refractivity contribution is -0.122. The number of hydrogen-bond acceptors (Lipinski definition) is 6. The van der Waals surface area contributed by atoms with Gasteiger partial charge >= 0.3 is 6.09 Å². The quantitative estimate of drug-likeness (QED) is 0.271. The van der Waals surface area contributed by atoms with E-state index in [0.29, 0.717) is 48.7 Å². The molecule has 1 amide bonds. The fourth-order valence-corrected chi connectivity index (χ4v) is 5.61. The second-order valence-corrected chi connectivity index (χ2v) is 17.8. The predicted octanol–water partition coefficient (Wildman–Crippen LogP) is 6.71. The Hall–Kier alpha value is -3.40. The number of benzene rings is 1. The highest BCUT2D eigenvalue weighted by atomic mass is 28.4. The van der Waals surface area contributed by atoms with E-state index < -0.39 is 26.0 Å². The SMILES string of the molecule is CC(C)(C)OC(=O)n1c(-c2ccc(N3CCC(C(N)=O)CC3)nc2F)cc2cc(O[Si](C)(C)C(C)(C)C)ccc21. The number of halogens is 1. The third kappa shape index (κ3) is 6.16. The number of ether oxygens (including phenoxy) is 1. The van der Waals surface area contributed by atoms with Crippen LogP contribution in [0.1, 0.15) is 54.4 Å². The fourth-order valence-electron chi connectivity index (χ4n) is 4.59. The first-order valence-electron chi connectivity index (χ1n) is 13.8. The van der Waals surface area contributed by atoms with Crippen LogP contribution in [0.2, 0.25) is 18.1 Å². The third-order valence-electron chi connectivity index (χ3n) is 7.86. The lowest BCUT2D eigenvalue weighted by Gasteiger charge is -2.36. The van der Waals surface area contributed by atoms with Crippen LogP contribution in [0.4, 0.5) is 15.0 Å². The molecule has 40 heavy (non-hydrogen) atoms. The van der Waals surface area contributed by atoms with Gasteiger partial charge in [0.05, 0.1) is 16.8 Å². The van der Waals surface area contributed by atoms with Gasteiger partial charge < -0.3 is 19.8 Å². The summed E-state index contributed by atoms with van der Waals surface area (Å²) in [5.74, 6) is 0.0201. The van der Waals surface area contributed by atoms with Crippen LogP contribution in [0.25, 0.3) is 22.2 Å². The summed E-state index contributed by atoms with van der Waals surface area (Å²) in [5.41, 5.74) is 5.82. The molecule has 2 aromatic heterocycles. The molecular weight excluding hydrogens is 527 g/mol. The number of carbonyl (C=O) groups is 2. The van der Waals surface area contributed by atoms with Crippen molar-refractivity contribution in [3.63, 3.8) is 0 Å². The molecule has 0 spiro atoms. The number of nitrogens with zero attached hydrogens (tertiary/aromatic N) is 3. The summed E-state index contributed by atoms with van der Waals surface area (Å²) in [5, 5.41) is 0.746. The van der Waals surface area contributed by atoms with E-state index in [1.807, 2.05) is 23.1 Å². The van der Waals surface area contributed by atoms with Gasteiger partial charge in [-0.05, 0) is 88.1 Å². The zero-order chi connectivity index (χ0) is 29.6. The third-order valence-corrected chi connectivity index (χ3v) is 12.2. The minimum absolute atomic E-state index is 0.0151. The van der Waals surface area contributed by atoms with Crippen molar-refractivity contribution in [2.75, 3.05) is 18.0 Å². The smallest absolute Gasteiger partial charge is 0.419 e. The molecule has 1 fully saturated rings. The van der Waals surface area contributed by atoms with Gasteiger partial charge in [0.15, 0.2) is 0 Å². The first-order chi connectivity index (χ1) is 18.5. The molecule has 1 aromatic carbocycles. The summed E-state index contributed by atoms with van der Waals surface area (Å²) < 4.78 is 29.2. The van der Waals surface area contributed by atoms with E-state index in [2.05, 4.69) is 38.8 Å². The molecule has 2 N–H and O–H groups in total. The van der Waals surface area contributed by atoms with E-state index in [-0.39, 0.29) is 22.4 Å². The number of primary amides is 1. The zero-order valence-electron chi connectivity index (χ0n) is 24.8. The lowest BCUT2D eigenvalue weighted by atomic mass is 9.96. The van der Waals surface area contributed by atoms with Gasteiger partial charge in [-0.2, -0.15) is 4.39 Å². The Morgan fingerprint density at radius 2 is 1.68 bits per heavy atom. The van der Waals surface area contributed by atoms with E-state index in [1.165, 1.54) is 4.57 Å². The molecule has 0 unspecified atom stereocenters. The number of pyridine rings is 1. The number of rotatable bonds is 5. The Morgan fingerprint density at radius 3 is 2.23 bits per heavy atom. The summed E-state index contributed by atoms with van der Waals surface area (Å²) in [6.45, 7) is 17.4. The van der Waals surface area contributed by atoms with E-state index in [1.54, 1.807) is 39.0 Å². The van der Waals surface area contributed by atoms with Crippen LogP contribution >= 0.6 is 0 Å². The van der Waals surface area contributed by atoms with Crippen LogP contribution in [0, 0.1) is 11.9 Å². The molecule has 0 bridgehead atoms. The van der Waals surface area contributed by atoms with Gasteiger partial charge in [-0.25, -0.2) is 14.3 Å². The summed E-state index contributed by atoms with van der Waals surface area (Å²) in [6, 6.07) is 10.7. The molecule has 10 heteroatoms. The van der Waals surface area contributed by atoms with E-state index in [0.717, 1.165) is 5.39 Å². The molecule has 3 aromatic rings. The standard InChI is InChI=1S/C30H41FN4O4Si/c1-29(2,3)38-28(37)35-23-11-9-21(39-40(7,8)30(4,5)6)17-20(23)18-24(35)22-10-12-25(33-26(22)31)34-15-13-19(14-16-34)27(32)36/h9-12,17-19H,13-16H2,1-8H3,(H2,32,36). The Labute approximate surface area is 236 Å². The highest BCUT2D eigenvalue weighted by Crippen LogP contribution is 2.39. The largest absolute Gasteiger partial charge is 0.543 e. The molecule has 1 saturated heterocycles. The van der Waals surface area contributed by atoms with Gasteiger partial charge in [-0.3, -0.25) is 4.79 Å². The first kappa shape index (κ1) is 29.6. The summed E-state index contributed by atoms with van der Waals surface area (Å²) in [6.07, 6.45) is 0.603. The normalized spacial score (nSPS) is 15.4. The maximum Gasteiger partial charge on any atom is 0.419 e. The Morgan fingerprint density at radius 1 is 1.02 bits per heavy atom. The number of amides is 1. The van der Waals surface area contributed by atoms with Gasteiger partial charge in [0, 0.05) is 24.4 Å². The molecule has 4 rings (SSSR count). The van der Waals surface area contributed by atoms with Crippen molar-refractivity contribution in [3.05, 3.63) is 42.3 Å². The van der Waals surface area contributed by atoms with Gasteiger partial charge in [0.1, 0.15) is 17.2 Å². The number of carbonyl (C=O) groups excluding carboxylic acids is 2. The van der Waals surface area contributed by atoms with Crippen LogP contribution in [-0.2, 0) is 9.53 Å². The maximum absolute atomic E-state index is 15.6. The minimum Gasteiger partial charge on any atom is -0.543 e. The average molecular weight is 569 g/mol. The van der Waals surface area contributed by atoms with Crippen molar-refractivity contribution in [2.45, 2.75) is 78.1 Å². The van der Waals surface area contributed by atoms with Crippen molar-refractivity contribution < 1.29 is 23.1 Å². The highest BCUT2D eigenvalue weighted by Gasteiger charge is 2.39. The molecule has 0 aliphatic carbocycles. The predicted molar refractivity (Wildman–Crippen MR) is 159 cm³/mol. The van der Waals surface area contributed by atoms with E-state index >= 15 is 4.39 Å². The second kappa shape index (κ2) is 10.5. The summed E-state index contributed by atoms with van der Waals surface area (Å²) >= 11 is 0. The van der Waals surface area contributed by atoms with Gasteiger partial charge in [-0.1, -0.05) is 20.8 Å². The van der Waals surface area contributed by atoms with Crippen molar-refractivity contribution in [1.29, 1.82) is 0 Å². The number of piperidine rings is 1. The first-order valence-corrected chi connectivity index (χ1v) is 16.7. The number of fused-ring (bicyclic) bond motifs is 1. The number of hydrogen-bond donors (Lipinski definition) is 1. The fraction of sp³-hybridized carbons (Fsp3) is 0.500. The van der Waals surface area contributed by atoms with Crippen molar-refractivity contribution in [2.24, 2.45) is 11.7 Å². The number of nitrogens with two attached hydrogens (primary N) is 1. The molecule has 1 aliphatic rings. The Bertz CT molecular complexity index is 1430. The maximum atomic E-state index is 15.6. The summed E-state index contributed by atoms with van der Waals surface area (Å²) in [4.78, 5) is 31.1. The van der Waals surface area contributed by atoms with Crippen LogP contribution in [0.5, 0.6) is 5.75 Å². The topological polar surface area (TPSA) is 99.7 Å². The van der Waals surface area contributed by atoms with E-state index in [4.69, 9.17) is 14.9 Å². The van der Waals surface area contributed by atoms with Crippen LogP contribution in [0.15, 0.2) is 36.4 Å². The lowest BCUT2D eigenvalue weighted by Crippen LogP contribution is -2.43. The van der Waals surface area contributed by atoms with E-state index in [9.17, 15) is 9.59 Å². The average Bonchev–Trinajstić information content (AvgIpc) is 3.20. The molecule has 0 atom stereocenters. The number of anilines is 1. The molecule has 3 heterocycles. The number of aromatic nitrogens is 2. The van der Waals surface area contributed by atoms with Crippen LogP contribution in [0.3, 0.4) is 0 Å². The van der Waals surface area contributed by atoms with Crippen molar-refractivity contribution in [1.82, 2.24) is 9.55 Å². The zero-order valence-corrected chi connectivity index (χ0v) is 25.8. The Kier molecular flexibility index (Phi) is 7.79. The molecular formula is C30H41FN4O4Si. The monoisotopic (exact) mass is 568 g/mol. The molecule has 0 radical (unpaired) electrons. The Balaban J connectivity index is 1.75. The summed E-state index contributed by atoms with van der Waals surface area (Å²) in [7, 11) is -2.10. The highest BCUT2D eigenvalue weighted by molar-refractivity contribution is 6.74. The van der Waals surface area contributed by atoms with Crippen molar-refractivity contribution in [3.8, 4) is 17.0 Å². The van der Waals surface area contributed by atoms with Gasteiger partial charge in [-0.15, -0.1) is 0 Å². The second-order valence-electron chi connectivity index (χ2n) is 13.1.